The van der Waals surface area contributed by atoms with Crippen molar-refractivity contribution < 1.29 is 18.4 Å². The SMILES string of the molecule is CC(C)(C)CC(=O)N1CCN([C@H](C(=O)Nc2ccc(F)cc2F)C2CCCC2)CC1. The third-order valence-electron chi connectivity index (χ3n) is 6.05. The van der Waals surface area contributed by atoms with Crippen molar-refractivity contribution in [3.05, 3.63) is 29.8 Å². The first-order valence-corrected chi connectivity index (χ1v) is 10.9. The van der Waals surface area contributed by atoms with Gasteiger partial charge in [0.2, 0.25) is 11.8 Å². The van der Waals surface area contributed by atoms with E-state index in [2.05, 4.69) is 31.0 Å². The topological polar surface area (TPSA) is 52.7 Å². The van der Waals surface area contributed by atoms with Crippen LogP contribution in [0.4, 0.5) is 14.5 Å². The van der Waals surface area contributed by atoms with E-state index in [1.807, 2.05) is 4.90 Å². The first-order chi connectivity index (χ1) is 14.1. The summed E-state index contributed by atoms with van der Waals surface area (Å²) in [6.07, 6.45) is 4.61. The minimum Gasteiger partial charge on any atom is -0.340 e. The van der Waals surface area contributed by atoms with Crippen LogP contribution < -0.4 is 5.32 Å². The van der Waals surface area contributed by atoms with Gasteiger partial charge in [0, 0.05) is 38.7 Å². The Morgan fingerprint density at radius 1 is 1.10 bits per heavy atom. The number of nitrogens with zero attached hydrogens (tertiary/aromatic N) is 2. The van der Waals surface area contributed by atoms with Crippen LogP contribution in [0.2, 0.25) is 0 Å². The lowest BCUT2D eigenvalue weighted by Gasteiger charge is -2.41. The lowest BCUT2D eigenvalue weighted by atomic mass is 9.91. The van der Waals surface area contributed by atoms with E-state index in [1.54, 1.807) is 0 Å². The molecule has 7 heteroatoms. The summed E-state index contributed by atoms with van der Waals surface area (Å²) in [5.41, 5.74) is -0.0527. The maximum Gasteiger partial charge on any atom is 0.242 e. The molecule has 1 N–H and O–H groups in total. The molecule has 0 radical (unpaired) electrons. The highest BCUT2D eigenvalue weighted by atomic mass is 19.1. The fraction of sp³-hybridized carbons (Fsp3) is 0.652. The van der Waals surface area contributed by atoms with Gasteiger partial charge >= 0.3 is 0 Å². The van der Waals surface area contributed by atoms with E-state index in [0.717, 1.165) is 37.8 Å². The standard InChI is InChI=1S/C23H33F2N3O2/c1-23(2,3)15-20(29)27-10-12-28(13-11-27)21(16-6-4-5-7-16)22(30)26-19-9-8-17(24)14-18(19)25/h8-9,14,16,21H,4-7,10-13,15H2,1-3H3,(H,26,30)/t21-/m0/s1. The Bertz CT molecular complexity index is 764. The number of carbonyl (C=O) groups excluding carboxylic acids is 2. The van der Waals surface area contributed by atoms with Crippen molar-refractivity contribution in [2.45, 2.75) is 58.9 Å². The Kier molecular flexibility index (Phi) is 7.11. The zero-order valence-corrected chi connectivity index (χ0v) is 18.2. The Hall–Kier alpha value is -2.02. The lowest BCUT2D eigenvalue weighted by molar-refractivity contribution is -0.136. The Morgan fingerprint density at radius 3 is 2.30 bits per heavy atom. The van der Waals surface area contributed by atoms with Crippen molar-refractivity contribution in [3.8, 4) is 0 Å². The van der Waals surface area contributed by atoms with Crippen molar-refractivity contribution in [3.63, 3.8) is 0 Å². The molecular formula is C23H33F2N3O2. The van der Waals surface area contributed by atoms with Crippen LogP contribution in [0.5, 0.6) is 0 Å². The van der Waals surface area contributed by atoms with Crippen LogP contribution in [0, 0.1) is 23.0 Å². The van der Waals surface area contributed by atoms with Gasteiger partial charge in [-0.1, -0.05) is 33.6 Å². The van der Waals surface area contributed by atoms with Crippen molar-refractivity contribution >= 4 is 17.5 Å². The van der Waals surface area contributed by atoms with Gasteiger partial charge in [0.15, 0.2) is 0 Å². The molecule has 2 aliphatic rings. The van der Waals surface area contributed by atoms with Gasteiger partial charge in [-0.25, -0.2) is 8.78 Å². The second kappa shape index (κ2) is 9.41. The van der Waals surface area contributed by atoms with Crippen molar-refractivity contribution in [1.29, 1.82) is 0 Å². The van der Waals surface area contributed by atoms with Crippen LogP contribution in [0.3, 0.4) is 0 Å². The summed E-state index contributed by atoms with van der Waals surface area (Å²) in [5.74, 6) is -1.33. The summed E-state index contributed by atoms with van der Waals surface area (Å²) in [6.45, 7) is 8.59. The van der Waals surface area contributed by atoms with Gasteiger partial charge in [0.25, 0.3) is 0 Å². The molecule has 1 aromatic carbocycles. The number of amides is 2. The molecule has 1 saturated heterocycles. The number of hydrogen-bond donors (Lipinski definition) is 1. The number of hydrogen-bond acceptors (Lipinski definition) is 3. The van der Waals surface area contributed by atoms with Gasteiger partial charge in [0.05, 0.1) is 11.7 Å². The minimum absolute atomic E-state index is 0.00314. The van der Waals surface area contributed by atoms with Crippen molar-refractivity contribution in [2.75, 3.05) is 31.5 Å². The van der Waals surface area contributed by atoms with Crippen molar-refractivity contribution in [2.24, 2.45) is 11.3 Å². The van der Waals surface area contributed by atoms with Crippen LogP contribution in [-0.4, -0.2) is 53.8 Å². The lowest BCUT2D eigenvalue weighted by Crippen LogP contribution is -2.57. The van der Waals surface area contributed by atoms with Crippen LogP contribution in [0.15, 0.2) is 18.2 Å². The first kappa shape index (κ1) is 22.7. The number of rotatable bonds is 5. The highest BCUT2D eigenvalue weighted by Crippen LogP contribution is 2.32. The molecule has 2 fully saturated rings. The fourth-order valence-electron chi connectivity index (χ4n) is 4.56. The summed E-state index contributed by atoms with van der Waals surface area (Å²) in [4.78, 5) is 29.7. The van der Waals surface area contributed by atoms with E-state index < -0.39 is 11.6 Å². The Labute approximate surface area is 177 Å². The second-order valence-electron chi connectivity index (χ2n) is 9.76. The largest absolute Gasteiger partial charge is 0.340 e. The highest BCUT2D eigenvalue weighted by molar-refractivity contribution is 5.95. The normalized spacial score (nSPS) is 19.7. The van der Waals surface area contributed by atoms with E-state index in [0.29, 0.717) is 32.6 Å². The van der Waals surface area contributed by atoms with Gasteiger partial charge in [-0.3, -0.25) is 14.5 Å². The first-order valence-electron chi connectivity index (χ1n) is 10.9. The van der Waals surface area contributed by atoms with Crippen LogP contribution in [-0.2, 0) is 9.59 Å². The molecule has 0 unspecified atom stereocenters. The number of nitrogens with one attached hydrogen (secondary N) is 1. The number of carbonyl (C=O) groups is 2. The quantitative estimate of drug-likeness (QED) is 0.781. The molecule has 0 bridgehead atoms. The summed E-state index contributed by atoms with van der Waals surface area (Å²) >= 11 is 0. The number of anilines is 1. The van der Waals surface area contributed by atoms with Crippen LogP contribution >= 0.6 is 0 Å². The third kappa shape index (κ3) is 5.78. The van der Waals surface area contributed by atoms with E-state index in [1.165, 1.54) is 6.07 Å². The minimum atomic E-state index is -0.772. The Morgan fingerprint density at radius 2 is 1.73 bits per heavy atom. The zero-order valence-electron chi connectivity index (χ0n) is 18.2. The molecular weight excluding hydrogens is 388 g/mol. The maximum absolute atomic E-state index is 14.1. The molecule has 3 rings (SSSR count). The molecule has 1 aliphatic carbocycles. The molecule has 1 aliphatic heterocycles. The van der Waals surface area contributed by atoms with Gasteiger partial charge in [-0.05, 0) is 36.3 Å². The van der Waals surface area contributed by atoms with Crippen molar-refractivity contribution in [1.82, 2.24) is 9.80 Å². The predicted octanol–water partition coefficient (Wildman–Crippen LogP) is 4.04. The molecule has 5 nitrogen and oxygen atoms in total. The number of piperazine rings is 1. The monoisotopic (exact) mass is 421 g/mol. The molecule has 0 spiro atoms. The average molecular weight is 422 g/mol. The van der Waals surface area contributed by atoms with E-state index in [9.17, 15) is 18.4 Å². The molecule has 30 heavy (non-hydrogen) atoms. The molecule has 1 atom stereocenters. The van der Waals surface area contributed by atoms with E-state index in [-0.39, 0.29) is 34.9 Å². The van der Waals surface area contributed by atoms with Crippen LogP contribution in [0.25, 0.3) is 0 Å². The molecule has 1 aromatic rings. The van der Waals surface area contributed by atoms with Gasteiger partial charge in [-0.15, -0.1) is 0 Å². The maximum atomic E-state index is 14.1. The molecule has 166 valence electrons. The molecule has 2 amide bonds. The summed E-state index contributed by atoms with van der Waals surface area (Å²) in [6, 6.07) is 2.82. The molecule has 1 heterocycles. The summed E-state index contributed by atoms with van der Waals surface area (Å²) in [5, 5.41) is 2.67. The molecule has 0 aromatic heterocycles. The third-order valence-corrected chi connectivity index (χ3v) is 6.05. The Balaban J connectivity index is 1.67. The second-order valence-corrected chi connectivity index (χ2v) is 9.76. The van der Waals surface area contributed by atoms with E-state index >= 15 is 0 Å². The van der Waals surface area contributed by atoms with Gasteiger partial charge in [0.1, 0.15) is 11.6 Å². The number of halogens is 2. The average Bonchev–Trinajstić information content (AvgIpc) is 3.17. The number of benzene rings is 1. The van der Waals surface area contributed by atoms with Crippen LogP contribution in [0.1, 0.15) is 52.9 Å². The van der Waals surface area contributed by atoms with E-state index in [4.69, 9.17) is 0 Å². The smallest absolute Gasteiger partial charge is 0.242 e. The van der Waals surface area contributed by atoms with Gasteiger partial charge < -0.3 is 10.2 Å². The fourth-order valence-corrected chi connectivity index (χ4v) is 4.56. The summed E-state index contributed by atoms with van der Waals surface area (Å²) in [7, 11) is 0. The summed E-state index contributed by atoms with van der Waals surface area (Å²) < 4.78 is 27.2. The zero-order chi connectivity index (χ0) is 21.9. The van der Waals surface area contributed by atoms with Gasteiger partial charge in [-0.2, -0.15) is 0 Å². The predicted molar refractivity (Wildman–Crippen MR) is 113 cm³/mol. The highest BCUT2D eigenvalue weighted by Gasteiger charge is 2.37. The molecule has 1 saturated carbocycles.